The van der Waals surface area contributed by atoms with Gasteiger partial charge >= 0.3 is 0 Å². The van der Waals surface area contributed by atoms with E-state index in [-0.39, 0.29) is 5.82 Å². The molecule has 58 valence electrons. The third-order valence-electron chi connectivity index (χ3n) is 1.14. The largest absolute Gasteiger partial charge is 0.206 e. The minimum absolute atomic E-state index is 0.199. The van der Waals surface area contributed by atoms with E-state index in [0.29, 0.717) is 4.47 Å². The van der Waals surface area contributed by atoms with E-state index in [1.807, 2.05) is 13.0 Å². The summed E-state index contributed by atoms with van der Waals surface area (Å²) in [7, 11) is 0. The van der Waals surface area contributed by atoms with Crippen LogP contribution in [0, 0.1) is 24.6 Å². The molecule has 0 aliphatic rings. The molecule has 0 aliphatic heterocycles. The summed E-state index contributed by atoms with van der Waals surface area (Å²) in [6.07, 6.45) is 0. The van der Waals surface area contributed by atoms with Gasteiger partial charge in [-0.25, -0.2) is 9.65 Å². The van der Waals surface area contributed by atoms with Gasteiger partial charge in [0.15, 0.2) is 0 Å². The molecule has 0 unspecified atom stereocenters. The molecule has 0 saturated carbocycles. The lowest BCUT2D eigenvalue weighted by molar-refractivity contribution is 0.619. The van der Waals surface area contributed by atoms with Crippen molar-refractivity contribution in [2.45, 2.75) is 6.92 Å². The molecule has 0 fully saturated rings. The van der Waals surface area contributed by atoms with Gasteiger partial charge < -0.3 is 0 Å². The van der Waals surface area contributed by atoms with E-state index in [4.69, 9.17) is 5.26 Å². The van der Waals surface area contributed by atoms with Crippen LogP contribution >= 0.6 is 15.9 Å². The summed E-state index contributed by atoms with van der Waals surface area (Å²) in [5.41, 5.74) is 0.926. The first kappa shape index (κ1) is 10.1. The number of benzene rings is 1. The Morgan fingerprint density at radius 2 is 2.00 bits per heavy atom. The molecule has 0 saturated heterocycles. The molecule has 0 amide bonds. The molecular weight excluding hydrogens is 209 g/mol. The highest BCUT2D eigenvalue weighted by Gasteiger charge is 1.97. The molecule has 1 aromatic carbocycles. The maximum absolute atomic E-state index is 12.5. The van der Waals surface area contributed by atoms with Crippen LogP contribution in [0.2, 0.25) is 0 Å². The smallest absolute Gasteiger partial charge is 0.137 e. The molecule has 1 rings (SSSR count). The summed E-state index contributed by atoms with van der Waals surface area (Å²) in [4.78, 5) is 0. The lowest BCUT2D eigenvalue weighted by Crippen LogP contribution is -1.79. The second-order valence-electron chi connectivity index (χ2n) is 1.87. The topological polar surface area (TPSA) is 23.8 Å². The fourth-order valence-electron chi connectivity index (χ4n) is 0.612. The Morgan fingerprint density at radius 3 is 2.36 bits per heavy atom. The monoisotopic (exact) mass is 215 g/mol. The number of halogens is 2. The predicted molar refractivity (Wildman–Crippen MR) is 45.5 cm³/mol. The highest BCUT2D eigenvalue weighted by Crippen LogP contribution is 2.18. The van der Waals surface area contributed by atoms with Crippen molar-refractivity contribution in [3.63, 3.8) is 0 Å². The molecule has 3 heteroatoms. The first-order valence-electron chi connectivity index (χ1n) is 2.88. The van der Waals surface area contributed by atoms with Gasteiger partial charge in [0.2, 0.25) is 0 Å². The number of nitrogens with zero attached hydrogens (tertiary/aromatic N) is 1. The molecule has 0 aliphatic carbocycles. The zero-order valence-electron chi connectivity index (χ0n) is 6.01. The molecule has 0 radical (unpaired) electrons. The SMILES string of the molecule is C#N.Cc1cccc(F)c1Br. The van der Waals surface area contributed by atoms with E-state index in [2.05, 4.69) is 22.5 Å². The maximum Gasteiger partial charge on any atom is 0.137 e. The average Bonchev–Trinajstić information content (AvgIpc) is 2.04. The van der Waals surface area contributed by atoms with Crippen LogP contribution in [0.15, 0.2) is 22.7 Å². The van der Waals surface area contributed by atoms with Gasteiger partial charge in [0, 0.05) is 6.57 Å². The van der Waals surface area contributed by atoms with Crippen LogP contribution in [0.5, 0.6) is 0 Å². The van der Waals surface area contributed by atoms with Gasteiger partial charge in [0.25, 0.3) is 0 Å². The van der Waals surface area contributed by atoms with Crippen LogP contribution in [-0.2, 0) is 0 Å². The van der Waals surface area contributed by atoms with Crippen molar-refractivity contribution in [2.24, 2.45) is 0 Å². The first-order valence-corrected chi connectivity index (χ1v) is 3.67. The first-order chi connectivity index (χ1) is 5.22. The third-order valence-corrected chi connectivity index (χ3v) is 2.15. The number of hydrogen-bond acceptors (Lipinski definition) is 1. The van der Waals surface area contributed by atoms with Crippen LogP contribution in [0.4, 0.5) is 4.39 Å². The standard InChI is InChI=1S/C7H6BrF.CHN/c1-5-3-2-4-6(9)7(5)8;1-2/h2-4H,1H3;1H. The summed E-state index contributed by atoms with van der Waals surface area (Å²) >= 11 is 3.10. The second-order valence-corrected chi connectivity index (χ2v) is 2.66. The van der Waals surface area contributed by atoms with Crippen LogP contribution in [0.25, 0.3) is 0 Å². The molecule has 0 heterocycles. The number of aryl methyl sites for hydroxylation is 1. The summed E-state index contributed by atoms with van der Waals surface area (Å²) in [6.45, 7) is 5.35. The molecule has 0 bridgehead atoms. The fourth-order valence-corrected chi connectivity index (χ4v) is 0.876. The van der Waals surface area contributed by atoms with Crippen molar-refractivity contribution in [1.82, 2.24) is 0 Å². The number of nitriles is 1. The van der Waals surface area contributed by atoms with Gasteiger partial charge in [-0.2, -0.15) is 0 Å². The number of rotatable bonds is 0. The van der Waals surface area contributed by atoms with Gasteiger partial charge in [-0.1, -0.05) is 12.1 Å². The molecule has 0 atom stereocenters. The lowest BCUT2D eigenvalue weighted by atomic mass is 10.2. The lowest BCUT2D eigenvalue weighted by Gasteiger charge is -1.95. The molecule has 0 spiro atoms. The van der Waals surface area contributed by atoms with E-state index < -0.39 is 0 Å². The van der Waals surface area contributed by atoms with Gasteiger partial charge in [-0.3, -0.25) is 0 Å². The highest BCUT2D eigenvalue weighted by molar-refractivity contribution is 9.10. The van der Waals surface area contributed by atoms with Crippen molar-refractivity contribution in [2.75, 3.05) is 0 Å². The zero-order chi connectivity index (χ0) is 8.85. The predicted octanol–water partition coefficient (Wildman–Crippen LogP) is 3.04. The van der Waals surface area contributed by atoms with Crippen molar-refractivity contribution < 1.29 is 4.39 Å². The van der Waals surface area contributed by atoms with E-state index >= 15 is 0 Å². The van der Waals surface area contributed by atoms with Crippen molar-refractivity contribution in [3.8, 4) is 6.57 Å². The van der Waals surface area contributed by atoms with Crippen molar-refractivity contribution in [1.29, 1.82) is 5.26 Å². The quantitative estimate of drug-likeness (QED) is 0.653. The van der Waals surface area contributed by atoms with Crippen LogP contribution < -0.4 is 0 Å². The van der Waals surface area contributed by atoms with Crippen LogP contribution in [-0.4, -0.2) is 0 Å². The van der Waals surface area contributed by atoms with Gasteiger partial charge in [0.1, 0.15) is 5.82 Å². The molecule has 11 heavy (non-hydrogen) atoms. The maximum atomic E-state index is 12.5. The van der Waals surface area contributed by atoms with E-state index in [9.17, 15) is 4.39 Å². The summed E-state index contributed by atoms with van der Waals surface area (Å²) in [6, 6.07) is 4.97. The van der Waals surface area contributed by atoms with E-state index in [0.717, 1.165) is 5.56 Å². The fraction of sp³-hybridized carbons (Fsp3) is 0.125. The summed E-state index contributed by atoms with van der Waals surface area (Å²) < 4.78 is 13.1. The minimum atomic E-state index is -0.199. The number of hydrogen-bond donors (Lipinski definition) is 0. The van der Waals surface area contributed by atoms with Crippen molar-refractivity contribution >= 4 is 15.9 Å². The molecule has 0 N–H and O–H groups in total. The Morgan fingerprint density at radius 1 is 1.45 bits per heavy atom. The van der Waals surface area contributed by atoms with Crippen LogP contribution in [0.3, 0.4) is 0 Å². The van der Waals surface area contributed by atoms with E-state index in [1.165, 1.54) is 6.07 Å². The zero-order valence-corrected chi connectivity index (χ0v) is 7.60. The Kier molecular flexibility index (Phi) is 4.47. The Balaban J connectivity index is 0.000000461. The minimum Gasteiger partial charge on any atom is -0.206 e. The summed E-state index contributed by atoms with van der Waals surface area (Å²) in [5, 5.41) is 6.50. The molecular formula is C8H7BrFN. The van der Waals surface area contributed by atoms with Crippen LogP contribution in [0.1, 0.15) is 5.56 Å². The molecule has 1 aromatic rings. The molecule has 1 nitrogen and oxygen atoms in total. The normalized spacial score (nSPS) is 8.09. The van der Waals surface area contributed by atoms with Gasteiger partial charge in [-0.05, 0) is 34.5 Å². The Labute approximate surface area is 73.6 Å². The summed E-state index contributed by atoms with van der Waals surface area (Å²) in [5.74, 6) is -0.199. The average molecular weight is 216 g/mol. The van der Waals surface area contributed by atoms with Gasteiger partial charge in [-0.15, -0.1) is 0 Å². The van der Waals surface area contributed by atoms with Crippen molar-refractivity contribution in [3.05, 3.63) is 34.1 Å². The van der Waals surface area contributed by atoms with E-state index in [1.54, 1.807) is 6.07 Å². The van der Waals surface area contributed by atoms with Gasteiger partial charge in [0.05, 0.1) is 4.47 Å². The Bertz CT molecular complexity index is 237. The second kappa shape index (κ2) is 4.86. The molecule has 0 aromatic heterocycles. The third kappa shape index (κ3) is 2.69. The Hall–Kier alpha value is -0.880. The highest BCUT2D eigenvalue weighted by atomic mass is 79.9.